The van der Waals surface area contributed by atoms with Crippen LogP contribution in [-0.4, -0.2) is 35.0 Å². The lowest BCUT2D eigenvalue weighted by Gasteiger charge is -2.50. The zero-order valence-electron chi connectivity index (χ0n) is 8.43. The second kappa shape index (κ2) is 2.94. The van der Waals surface area contributed by atoms with Gasteiger partial charge in [-0.3, -0.25) is 4.79 Å². The molecule has 0 unspecified atom stereocenters. The normalized spacial score (nSPS) is 45.9. The number of rotatable bonds is 1. The van der Waals surface area contributed by atoms with E-state index < -0.39 is 18.1 Å². The Morgan fingerprint density at radius 3 is 2.43 bits per heavy atom. The molecule has 4 heteroatoms. The monoisotopic (exact) mass is 200 g/mol. The largest absolute Gasteiger partial charge is 0.463 e. The number of esters is 1. The Bertz CT molecular complexity index is 261. The van der Waals surface area contributed by atoms with Crippen LogP contribution in [0.2, 0.25) is 0 Å². The fraction of sp³-hybridized carbons (Fsp3) is 0.900. The summed E-state index contributed by atoms with van der Waals surface area (Å²) in [5.41, 5.74) is -0.132. The van der Waals surface area contributed by atoms with Crippen molar-refractivity contribution in [3.05, 3.63) is 0 Å². The SMILES string of the molecule is CC1(C)C[C@H]([C@H]2C(=O)OC[C@@H]2O)[C@H]1O. The molecule has 0 aromatic carbocycles. The first-order chi connectivity index (χ1) is 6.43. The van der Waals surface area contributed by atoms with Crippen molar-refractivity contribution in [3.63, 3.8) is 0 Å². The smallest absolute Gasteiger partial charge is 0.312 e. The molecule has 2 N–H and O–H groups in total. The van der Waals surface area contributed by atoms with Crippen LogP contribution >= 0.6 is 0 Å². The Labute approximate surface area is 82.9 Å². The van der Waals surface area contributed by atoms with E-state index in [1.54, 1.807) is 0 Å². The molecule has 0 aromatic heterocycles. The van der Waals surface area contributed by atoms with Gasteiger partial charge in [0, 0.05) is 5.92 Å². The molecule has 1 aliphatic heterocycles. The average molecular weight is 200 g/mol. The van der Waals surface area contributed by atoms with E-state index in [9.17, 15) is 15.0 Å². The van der Waals surface area contributed by atoms with Crippen molar-refractivity contribution < 1.29 is 19.7 Å². The van der Waals surface area contributed by atoms with E-state index in [2.05, 4.69) is 0 Å². The molecule has 14 heavy (non-hydrogen) atoms. The van der Waals surface area contributed by atoms with E-state index in [0.717, 1.165) is 6.42 Å². The second-order valence-corrected chi connectivity index (χ2v) is 5.02. The fourth-order valence-electron chi connectivity index (χ4n) is 2.57. The van der Waals surface area contributed by atoms with Crippen LogP contribution in [0.3, 0.4) is 0 Å². The van der Waals surface area contributed by atoms with Gasteiger partial charge >= 0.3 is 5.97 Å². The Morgan fingerprint density at radius 2 is 2.07 bits per heavy atom. The molecule has 0 radical (unpaired) electrons. The molecular formula is C10H16O4. The van der Waals surface area contributed by atoms with Gasteiger partial charge in [-0.15, -0.1) is 0 Å². The van der Waals surface area contributed by atoms with Gasteiger partial charge in [0.25, 0.3) is 0 Å². The third-order valence-electron chi connectivity index (χ3n) is 3.51. The van der Waals surface area contributed by atoms with Gasteiger partial charge in [0.2, 0.25) is 0 Å². The van der Waals surface area contributed by atoms with Crippen LogP contribution in [0.25, 0.3) is 0 Å². The van der Waals surface area contributed by atoms with E-state index in [0.29, 0.717) is 0 Å². The number of aliphatic hydroxyl groups is 2. The van der Waals surface area contributed by atoms with Crippen molar-refractivity contribution in [2.75, 3.05) is 6.61 Å². The van der Waals surface area contributed by atoms with Crippen LogP contribution in [-0.2, 0) is 9.53 Å². The Balaban J connectivity index is 2.07. The molecule has 1 aliphatic carbocycles. The van der Waals surface area contributed by atoms with Gasteiger partial charge in [-0.25, -0.2) is 0 Å². The van der Waals surface area contributed by atoms with Gasteiger partial charge in [0.05, 0.1) is 12.0 Å². The third-order valence-corrected chi connectivity index (χ3v) is 3.51. The minimum Gasteiger partial charge on any atom is -0.463 e. The predicted molar refractivity (Wildman–Crippen MR) is 48.4 cm³/mol. The van der Waals surface area contributed by atoms with Gasteiger partial charge in [0.1, 0.15) is 12.7 Å². The van der Waals surface area contributed by atoms with E-state index in [-0.39, 0.29) is 23.9 Å². The zero-order valence-corrected chi connectivity index (χ0v) is 8.43. The molecular weight excluding hydrogens is 184 g/mol. The zero-order chi connectivity index (χ0) is 10.5. The van der Waals surface area contributed by atoms with Gasteiger partial charge in [-0.05, 0) is 11.8 Å². The molecule has 0 bridgehead atoms. The van der Waals surface area contributed by atoms with Gasteiger partial charge in [-0.1, -0.05) is 13.8 Å². The molecule has 1 heterocycles. The summed E-state index contributed by atoms with van der Waals surface area (Å²) in [7, 11) is 0. The lowest BCUT2D eigenvalue weighted by Crippen LogP contribution is -2.54. The Hall–Kier alpha value is -0.610. The van der Waals surface area contributed by atoms with E-state index >= 15 is 0 Å². The van der Waals surface area contributed by atoms with Crippen LogP contribution in [0.5, 0.6) is 0 Å². The number of cyclic esters (lactones) is 1. The van der Waals surface area contributed by atoms with Crippen molar-refractivity contribution in [2.24, 2.45) is 17.3 Å². The molecule has 4 atom stereocenters. The predicted octanol–water partition coefficient (Wildman–Crippen LogP) is -0.0727. The number of carbonyl (C=O) groups excluding carboxylic acids is 1. The highest BCUT2D eigenvalue weighted by atomic mass is 16.6. The summed E-state index contributed by atoms with van der Waals surface area (Å²) in [5, 5.41) is 19.3. The quantitative estimate of drug-likeness (QED) is 0.581. The Kier molecular flexibility index (Phi) is 2.08. The van der Waals surface area contributed by atoms with Crippen LogP contribution in [0, 0.1) is 17.3 Å². The van der Waals surface area contributed by atoms with Crippen LogP contribution in [0.15, 0.2) is 0 Å². The molecule has 2 fully saturated rings. The number of hydrogen-bond acceptors (Lipinski definition) is 4. The van der Waals surface area contributed by atoms with Crippen LogP contribution in [0.1, 0.15) is 20.3 Å². The maximum Gasteiger partial charge on any atom is 0.312 e. The molecule has 1 saturated heterocycles. The van der Waals surface area contributed by atoms with Crippen molar-refractivity contribution in [1.29, 1.82) is 0 Å². The average Bonchev–Trinajstić information content (AvgIpc) is 2.43. The summed E-state index contributed by atoms with van der Waals surface area (Å²) in [5.74, 6) is -1.01. The highest BCUT2D eigenvalue weighted by Gasteiger charge is 2.55. The van der Waals surface area contributed by atoms with Crippen molar-refractivity contribution in [2.45, 2.75) is 32.5 Å². The van der Waals surface area contributed by atoms with E-state index in [1.807, 2.05) is 13.8 Å². The molecule has 2 rings (SSSR count). The summed E-state index contributed by atoms with van der Waals surface area (Å²) in [6.07, 6.45) is -0.476. The maximum atomic E-state index is 11.3. The summed E-state index contributed by atoms with van der Waals surface area (Å²) < 4.78 is 4.75. The number of ether oxygens (including phenoxy) is 1. The molecule has 0 aromatic rings. The maximum absolute atomic E-state index is 11.3. The second-order valence-electron chi connectivity index (χ2n) is 5.02. The molecule has 0 amide bonds. The first kappa shape index (κ1) is 9.93. The highest BCUT2D eigenvalue weighted by molar-refractivity contribution is 5.75. The summed E-state index contributed by atoms with van der Waals surface area (Å²) in [6, 6.07) is 0. The van der Waals surface area contributed by atoms with E-state index in [4.69, 9.17) is 4.74 Å². The summed E-state index contributed by atoms with van der Waals surface area (Å²) >= 11 is 0. The first-order valence-corrected chi connectivity index (χ1v) is 4.96. The minimum absolute atomic E-state index is 0.0765. The van der Waals surface area contributed by atoms with E-state index in [1.165, 1.54) is 0 Å². The van der Waals surface area contributed by atoms with Crippen molar-refractivity contribution in [1.82, 2.24) is 0 Å². The van der Waals surface area contributed by atoms with Gasteiger partial charge in [0.15, 0.2) is 0 Å². The van der Waals surface area contributed by atoms with Gasteiger partial charge < -0.3 is 14.9 Å². The highest BCUT2D eigenvalue weighted by Crippen LogP contribution is 2.50. The third kappa shape index (κ3) is 1.25. The number of hydrogen-bond donors (Lipinski definition) is 2. The molecule has 0 spiro atoms. The standard InChI is InChI=1S/C10H16O4/c1-10(2)3-5(8(10)12)7-6(11)4-14-9(7)13/h5-8,11-12H,3-4H2,1-2H3/t5-,6+,7-,8-/m1/s1. The van der Waals surface area contributed by atoms with Crippen molar-refractivity contribution >= 4 is 5.97 Å². The molecule has 4 nitrogen and oxygen atoms in total. The van der Waals surface area contributed by atoms with Crippen LogP contribution in [0.4, 0.5) is 0 Å². The summed E-state index contributed by atoms with van der Waals surface area (Å²) in [4.78, 5) is 11.3. The molecule has 2 aliphatic rings. The lowest BCUT2D eigenvalue weighted by atomic mass is 9.57. The molecule has 80 valence electrons. The molecule has 1 saturated carbocycles. The number of carbonyl (C=O) groups is 1. The Morgan fingerprint density at radius 1 is 1.43 bits per heavy atom. The lowest BCUT2D eigenvalue weighted by molar-refractivity contribution is -0.160. The first-order valence-electron chi connectivity index (χ1n) is 4.96. The van der Waals surface area contributed by atoms with Gasteiger partial charge in [-0.2, -0.15) is 0 Å². The summed E-state index contributed by atoms with van der Waals surface area (Å²) in [6.45, 7) is 3.99. The fourth-order valence-corrected chi connectivity index (χ4v) is 2.57. The topological polar surface area (TPSA) is 66.8 Å². The van der Waals surface area contributed by atoms with Crippen molar-refractivity contribution in [3.8, 4) is 0 Å². The van der Waals surface area contributed by atoms with Crippen LogP contribution < -0.4 is 0 Å². The number of aliphatic hydroxyl groups excluding tert-OH is 2. The minimum atomic E-state index is -0.738.